The fourth-order valence-electron chi connectivity index (χ4n) is 3.27. The second-order valence-electron chi connectivity index (χ2n) is 7.17. The summed E-state index contributed by atoms with van der Waals surface area (Å²) in [5, 5.41) is 7.73. The minimum atomic E-state index is -0.416. The van der Waals surface area contributed by atoms with Gasteiger partial charge in [-0.15, -0.1) is 0 Å². The van der Waals surface area contributed by atoms with Crippen LogP contribution in [-0.4, -0.2) is 18.9 Å². The topological polar surface area (TPSA) is 67.4 Å². The Labute approximate surface area is 186 Å². The highest BCUT2D eigenvalue weighted by Crippen LogP contribution is 2.20. The molecule has 0 aliphatic carbocycles. The Kier molecular flexibility index (Phi) is 6.28. The first-order chi connectivity index (χ1) is 15.6. The van der Waals surface area contributed by atoms with Gasteiger partial charge in [0.15, 0.2) is 0 Å². The Morgan fingerprint density at radius 2 is 1.47 bits per heavy atom. The highest BCUT2D eigenvalue weighted by Gasteiger charge is 2.15. The summed E-state index contributed by atoms with van der Waals surface area (Å²) in [7, 11) is 1.59. The molecule has 2 N–H and O–H groups in total. The predicted octanol–water partition coefficient (Wildman–Crippen LogP) is 5.26. The minimum absolute atomic E-state index is 0.136. The smallest absolute Gasteiger partial charge is 0.272 e. The number of hydrogen-bond donors (Lipinski definition) is 2. The maximum absolute atomic E-state index is 13.1. The van der Waals surface area contributed by atoms with Gasteiger partial charge in [0.2, 0.25) is 0 Å². The van der Waals surface area contributed by atoms with Gasteiger partial charge in [-0.25, -0.2) is 0 Å². The van der Waals surface area contributed by atoms with E-state index in [0.717, 1.165) is 16.3 Å². The Balaban J connectivity index is 1.62. The highest BCUT2D eigenvalue weighted by atomic mass is 16.5. The quantitative estimate of drug-likeness (QED) is 0.417. The molecule has 5 nitrogen and oxygen atoms in total. The average molecular weight is 422 g/mol. The van der Waals surface area contributed by atoms with E-state index < -0.39 is 5.91 Å². The third kappa shape index (κ3) is 5.02. The number of rotatable bonds is 6. The van der Waals surface area contributed by atoms with E-state index in [1.165, 1.54) is 0 Å². The lowest BCUT2D eigenvalue weighted by Gasteiger charge is -2.12. The minimum Gasteiger partial charge on any atom is -0.497 e. The number of anilines is 1. The second-order valence-corrected chi connectivity index (χ2v) is 7.17. The standard InChI is InChI=1S/C27H22N2O3/c1-32-24-15-11-19(12-16-24)17-25(29-26(30)21-8-3-2-4-9-21)27(31)28-23-14-13-20-7-5-6-10-22(20)18-23/h2-18H,1H3,(H,28,31)(H,29,30). The Bertz CT molecular complexity index is 1280. The van der Waals surface area contributed by atoms with Crippen molar-refractivity contribution in [2.75, 3.05) is 12.4 Å². The summed E-state index contributed by atoms with van der Waals surface area (Å²) < 4.78 is 5.19. The van der Waals surface area contributed by atoms with Crippen molar-refractivity contribution in [2.24, 2.45) is 0 Å². The molecular weight excluding hydrogens is 400 g/mol. The number of hydrogen-bond acceptors (Lipinski definition) is 3. The molecule has 32 heavy (non-hydrogen) atoms. The van der Waals surface area contributed by atoms with Crippen LogP contribution in [0.15, 0.2) is 103 Å². The predicted molar refractivity (Wildman–Crippen MR) is 127 cm³/mol. The van der Waals surface area contributed by atoms with Crippen molar-refractivity contribution in [2.45, 2.75) is 0 Å². The molecule has 0 saturated carbocycles. The summed E-state index contributed by atoms with van der Waals surface area (Å²) in [6.07, 6.45) is 1.64. The van der Waals surface area contributed by atoms with Crippen molar-refractivity contribution in [1.82, 2.24) is 5.32 Å². The number of methoxy groups -OCH3 is 1. The second kappa shape index (κ2) is 9.62. The van der Waals surface area contributed by atoms with Gasteiger partial charge in [-0.1, -0.05) is 60.7 Å². The summed E-state index contributed by atoms with van der Waals surface area (Å²) in [4.78, 5) is 25.8. The zero-order valence-electron chi connectivity index (χ0n) is 17.5. The number of fused-ring (bicyclic) bond motifs is 1. The van der Waals surface area contributed by atoms with Gasteiger partial charge in [-0.2, -0.15) is 0 Å². The molecule has 0 bridgehead atoms. The highest BCUT2D eigenvalue weighted by molar-refractivity contribution is 6.11. The molecule has 158 valence electrons. The molecular formula is C27H22N2O3. The van der Waals surface area contributed by atoms with E-state index in [4.69, 9.17) is 4.74 Å². The molecule has 4 rings (SSSR count). The zero-order chi connectivity index (χ0) is 22.3. The first-order valence-corrected chi connectivity index (χ1v) is 10.1. The van der Waals surface area contributed by atoms with Gasteiger partial charge in [0.05, 0.1) is 7.11 Å². The SMILES string of the molecule is COc1ccc(C=C(NC(=O)c2ccccc2)C(=O)Nc2ccc3ccccc3c2)cc1. The molecule has 0 aliphatic heterocycles. The van der Waals surface area contributed by atoms with Crippen LogP contribution in [0.2, 0.25) is 0 Å². The number of nitrogens with one attached hydrogen (secondary N) is 2. The molecule has 2 amide bonds. The molecule has 0 atom stereocenters. The first kappa shape index (κ1) is 20.9. The van der Waals surface area contributed by atoms with Crippen LogP contribution in [0.1, 0.15) is 15.9 Å². The number of benzene rings is 4. The molecule has 0 unspecified atom stereocenters. The summed E-state index contributed by atoms with van der Waals surface area (Å²) >= 11 is 0. The van der Waals surface area contributed by atoms with Gasteiger partial charge < -0.3 is 15.4 Å². The van der Waals surface area contributed by atoms with Crippen LogP contribution >= 0.6 is 0 Å². The van der Waals surface area contributed by atoms with E-state index in [0.29, 0.717) is 17.0 Å². The number of carbonyl (C=O) groups is 2. The van der Waals surface area contributed by atoms with Crippen LogP contribution in [0.4, 0.5) is 5.69 Å². The molecule has 0 aliphatic rings. The molecule has 4 aromatic carbocycles. The lowest BCUT2D eigenvalue weighted by molar-refractivity contribution is -0.113. The van der Waals surface area contributed by atoms with Crippen LogP contribution < -0.4 is 15.4 Å². The van der Waals surface area contributed by atoms with Crippen LogP contribution in [0.3, 0.4) is 0 Å². The van der Waals surface area contributed by atoms with Crippen molar-refractivity contribution < 1.29 is 14.3 Å². The molecule has 5 heteroatoms. The Hall–Kier alpha value is -4.38. The van der Waals surface area contributed by atoms with Crippen LogP contribution in [0.25, 0.3) is 16.8 Å². The maximum Gasteiger partial charge on any atom is 0.272 e. The largest absolute Gasteiger partial charge is 0.497 e. The van der Waals surface area contributed by atoms with Crippen molar-refractivity contribution in [3.05, 3.63) is 114 Å². The van der Waals surface area contributed by atoms with Crippen LogP contribution in [0, 0.1) is 0 Å². The third-order valence-corrected chi connectivity index (χ3v) is 4.96. The van der Waals surface area contributed by atoms with Gasteiger partial charge >= 0.3 is 0 Å². The zero-order valence-corrected chi connectivity index (χ0v) is 17.5. The monoisotopic (exact) mass is 422 g/mol. The maximum atomic E-state index is 13.1. The van der Waals surface area contributed by atoms with E-state index in [1.54, 1.807) is 49.6 Å². The summed E-state index contributed by atoms with van der Waals surface area (Å²) in [6.45, 7) is 0. The lowest BCUT2D eigenvalue weighted by Crippen LogP contribution is -2.30. The summed E-state index contributed by atoms with van der Waals surface area (Å²) in [5.74, 6) is -0.0722. The molecule has 0 saturated heterocycles. The number of ether oxygens (including phenoxy) is 1. The molecule has 0 heterocycles. The molecule has 0 spiro atoms. The lowest BCUT2D eigenvalue weighted by atomic mass is 10.1. The van der Waals surface area contributed by atoms with Crippen LogP contribution in [0.5, 0.6) is 5.75 Å². The average Bonchev–Trinajstić information content (AvgIpc) is 2.84. The molecule has 0 aromatic heterocycles. The number of carbonyl (C=O) groups excluding carboxylic acids is 2. The van der Waals surface area contributed by atoms with Gasteiger partial charge in [-0.3, -0.25) is 9.59 Å². The van der Waals surface area contributed by atoms with Gasteiger partial charge in [0, 0.05) is 11.3 Å². The van der Waals surface area contributed by atoms with Gasteiger partial charge in [-0.05, 0) is 58.8 Å². The Morgan fingerprint density at radius 1 is 0.781 bits per heavy atom. The molecule has 4 aromatic rings. The molecule has 0 radical (unpaired) electrons. The van der Waals surface area contributed by atoms with E-state index >= 15 is 0 Å². The normalized spacial score (nSPS) is 11.1. The first-order valence-electron chi connectivity index (χ1n) is 10.1. The summed E-state index contributed by atoms with van der Waals surface area (Å²) in [6, 6.07) is 29.6. The van der Waals surface area contributed by atoms with E-state index in [1.807, 2.05) is 60.7 Å². The molecule has 0 fully saturated rings. The van der Waals surface area contributed by atoms with Crippen molar-refractivity contribution >= 4 is 34.4 Å². The van der Waals surface area contributed by atoms with E-state index in [-0.39, 0.29) is 11.6 Å². The van der Waals surface area contributed by atoms with Gasteiger partial charge in [0.1, 0.15) is 11.4 Å². The van der Waals surface area contributed by atoms with E-state index in [2.05, 4.69) is 10.6 Å². The fourth-order valence-corrected chi connectivity index (χ4v) is 3.27. The summed E-state index contributed by atoms with van der Waals surface area (Å²) in [5.41, 5.74) is 2.00. The van der Waals surface area contributed by atoms with Crippen LogP contribution in [-0.2, 0) is 4.79 Å². The Morgan fingerprint density at radius 3 is 2.19 bits per heavy atom. The van der Waals surface area contributed by atoms with Crippen molar-refractivity contribution in [3.63, 3.8) is 0 Å². The van der Waals surface area contributed by atoms with Crippen molar-refractivity contribution in [1.29, 1.82) is 0 Å². The van der Waals surface area contributed by atoms with E-state index in [9.17, 15) is 9.59 Å². The number of amides is 2. The fraction of sp³-hybridized carbons (Fsp3) is 0.0370. The third-order valence-electron chi connectivity index (χ3n) is 4.96. The van der Waals surface area contributed by atoms with Crippen molar-refractivity contribution in [3.8, 4) is 5.75 Å². The van der Waals surface area contributed by atoms with Gasteiger partial charge in [0.25, 0.3) is 11.8 Å².